The van der Waals surface area contributed by atoms with Crippen molar-refractivity contribution >= 4 is 30.9 Å². The van der Waals surface area contributed by atoms with Crippen molar-refractivity contribution in [3.63, 3.8) is 0 Å². The molecule has 15 heavy (non-hydrogen) atoms. The summed E-state index contributed by atoms with van der Waals surface area (Å²) >= 11 is 2.48. The number of alkyl halides is 1. The lowest BCUT2D eigenvalue weighted by Crippen LogP contribution is -2.41. The van der Waals surface area contributed by atoms with Crippen LogP contribution in [-0.4, -0.2) is 19.4 Å². The van der Waals surface area contributed by atoms with Crippen LogP contribution in [0.3, 0.4) is 0 Å². The van der Waals surface area contributed by atoms with Crippen LogP contribution >= 0.6 is 22.6 Å². The zero-order valence-electron chi connectivity index (χ0n) is 11.2. The predicted molar refractivity (Wildman–Crippen MR) is 80.4 cm³/mol. The minimum Gasteiger partial charge on any atom is -0.417 e. The summed E-state index contributed by atoms with van der Waals surface area (Å²) in [4.78, 5) is 0. The van der Waals surface area contributed by atoms with Crippen molar-refractivity contribution in [2.45, 2.75) is 58.7 Å². The van der Waals surface area contributed by atoms with Gasteiger partial charge in [-0.25, -0.2) is 0 Å². The van der Waals surface area contributed by atoms with Crippen molar-refractivity contribution in [1.29, 1.82) is 0 Å². The van der Waals surface area contributed by atoms with E-state index in [0.29, 0.717) is 5.04 Å². The highest BCUT2D eigenvalue weighted by Gasteiger charge is 2.36. The molecule has 0 saturated carbocycles. The van der Waals surface area contributed by atoms with Crippen LogP contribution in [0.1, 0.15) is 40.5 Å². The van der Waals surface area contributed by atoms with Gasteiger partial charge in [0.1, 0.15) is 0 Å². The van der Waals surface area contributed by atoms with E-state index in [4.69, 9.17) is 4.43 Å². The van der Waals surface area contributed by atoms with E-state index in [0.717, 1.165) is 12.5 Å². The monoisotopic (exact) mass is 342 g/mol. The average Bonchev–Trinajstić information content (AvgIpc) is 2.10. The van der Waals surface area contributed by atoms with Gasteiger partial charge in [0.25, 0.3) is 0 Å². The lowest BCUT2D eigenvalue weighted by Gasteiger charge is -2.36. The zero-order valence-corrected chi connectivity index (χ0v) is 14.3. The Morgan fingerprint density at radius 1 is 1.27 bits per heavy atom. The van der Waals surface area contributed by atoms with Crippen molar-refractivity contribution in [2.24, 2.45) is 5.92 Å². The molecule has 0 fully saturated rings. The molecule has 0 bridgehead atoms. The third-order valence-corrected chi connectivity index (χ3v) is 9.37. The molecule has 0 heterocycles. The van der Waals surface area contributed by atoms with Crippen LogP contribution in [0.15, 0.2) is 0 Å². The molecule has 0 aromatic heterocycles. The predicted octanol–water partition coefficient (Wildman–Crippen LogP) is 4.86. The first-order valence-electron chi connectivity index (χ1n) is 5.94. The summed E-state index contributed by atoms with van der Waals surface area (Å²) in [5.41, 5.74) is 0. The van der Waals surface area contributed by atoms with Crippen molar-refractivity contribution in [2.75, 3.05) is 11.0 Å². The fourth-order valence-electron chi connectivity index (χ4n) is 1.09. The Kier molecular flexibility index (Phi) is 6.99. The van der Waals surface area contributed by atoms with E-state index in [1.807, 2.05) is 0 Å². The van der Waals surface area contributed by atoms with Crippen LogP contribution in [0.25, 0.3) is 0 Å². The van der Waals surface area contributed by atoms with Gasteiger partial charge in [0.05, 0.1) is 0 Å². The van der Waals surface area contributed by atoms with Crippen LogP contribution < -0.4 is 0 Å². The summed E-state index contributed by atoms with van der Waals surface area (Å²) < 4.78 is 7.42. The van der Waals surface area contributed by atoms with Gasteiger partial charge in [-0.2, -0.15) is 0 Å². The quantitative estimate of drug-likeness (QED) is 0.381. The molecule has 1 atom stereocenters. The van der Waals surface area contributed by atoms with E-state index in [1.54, 1.807) is 0 Å². The Morgan fingerprint density at radius 3 is 2.13 bits per heavy atom. The summed E-state index contributed by atoms with van der Waals surface area (Å²) in [6.07, 6.45) is 2.51. The van der Waals surface area contributed by atoms with Crippen molar-refractivity contribution < 1.29 is 4.43 Å². The van der Waals surface area contributed by atoms with E-state index in [2.05, 4.69) is 63.4 Å². The van der Waals surface area contributed by atoms with E-state index in [1.165, 1.54) is 17.3 Å². The normalized spacial score (nSPS) is 15.4. The topological polar surface area (TPSA) is 9.23 Å². The molecule has 0 aliphatic carbocycles. The third kappa shape index (κ3) is 5.68. The average molecular weight is 342 g/mol. The van der Waals surface area contributed by atoms with Crippen molar-refractivity contribution in [3.8, 4) is 0 Å². The van der Waals surface area contributed by atoms with E-state index in [9.17, 15) is 0 Å². The van der Waals surface area contributed by atoms with Gasteiger partial charge in [0, 0.05) is 11.0 Å². The lowest BCUT2D eigenvalue weighted by molar-refractivity contribution is 0.260. The molecule has 0 spiro atoms. The highest BCUT2D eigenvalue weighted by Crippen LogP contribution is 2.36. The highest BCUT2D eigenvalue weighted by molar-refractivity contribution is 14.1. The van der Waals surface area contributed by atoms with Crippen LogP contribution in [0.2, 0.25) is 18.1 Å². The minimum absolute atomic E-state index is 0.346. The summed E-state index contributed by atoms with van der Waals surface area (Å²) in [6, 6.07) is 0. The fraction of sp³-hybridized carbons (Fsp3) is 1.00. The lowest BCUT2D eigenvalue weighted by atomic mass is 10.1. The first-order chi connectivity index (χ1) is 6.74. The number of hydrogen-bond donors (Lipinski definition) is 0. The Bertz CT molecular complexity index is 171. The Hall–Kier alpha value is 0.907. The molecule has 0 aliphatic rings. The van der Waals surface area contributed by atoms with E-state index < -0.39 is 8.32 Å². The second-order valence-corrected chi connectivity index (χ2v) is 11.5. The summed E-state index contributed by atoms with van der Waals surface area (Å²) in [6.45, 7) is 14.8. The summed E-state index contributed by atoms with van der Waals surface area (Å²) in [5, 5.41) is 0.346. The molecule has 0 aromatic carbocycles. The molecule has 1 nitrogen and oxygen atoms in total. The van der Waals surface area contributed by atoms with Gasteiger partial charge in [-0.1, -0.05) is 56.7 Å². The third-order valence-electron chi connectivity index (χ3n) is 3.59. The smallest absolute Gasteiger partial charge is 0.191 e. The standard InChI is InChI=1S/C12H27IOSi/c1-7-11(10-13)8-9-14-15(5,6)12(2,3)4/h11H,7-10H2,1-6H3/t11-/m1/s1. The molecule has 0 N–H and O–H groups in total. The zero-order chi connectivity index (χ0) is 12.1. The van der Waals surface area contributed by atoms with Gasteiger partial charge in [-0.15, -0.1) is 0 Å². The molecule has 0 aliphatic heterocycles. The number of rotatable bonds is 6. The molecule has 0 saturated heterocycles. The maximum absolute atomic E-state index is 6.16. The fourth-order valence-corrected chi connectivity index (χ4v) is 3.21. The van der Waals surface area contributed by atoms with Gasteiger partial charge in [-0.05, 0) is 30.5 Å². The first-order valence-corrected chi connectivity index (χ1v) is 10.4. The molecular formula is C12H27IOSi. The second-order valence-electron chi connectivity index (χ2n) is 5.83. The van der Waals surface area contributed by atoms with E-state index in [-0.39, 0.29) is 0 Å². The molecule has 3 heteroatoms. The van der Waals surface area contributed by atoms with Crippen LogP contribution in [0.5, 0.6) is 0 Å². The van der Waals surface area contributed by atoms with Gasteiger partial charge < -0.3 is 4.43 Å². The van der Waals surface area contributed by atoms with Gasteiger partial charge in [-0.3, -0.25) is 0 Å². The van der Waals surface area contributed by atoms with Crippen LogP contribution in [-0.2, 0) is 4.43 Å². The molecule has 0 radical (unpaired) electrons. The number of halogens is 1. The molecule has 0 unspecified atom stereocenters. The second kappa shape index (κ2) is 6.60. The Labute approximate surface area is 111 Å². The molecule has 0 aromatic rings. The summed E-state index contributed by atoms with van der Waals surface area (Å²) in [7, 11) is -1.50. The number of hydrogen-bond acceptors (Lipinski definition) is 1. The molecule has 0 rings (SSSR count). The Morgan fingerprint density at radius 2 is 1.80 bits per heavy atom. The van der Waals surface area contributed by atoms with Gasteiger partial charge in [0.2, 0.25) is 0 Å². The summed E-state index contributed by atoms with van der Waals surface area (Å²) in [5.74, 6) is 0.843. The molecular weight excluding hydrogens is 315 g/mol. The molecule has 0 amide bonds. The van der Waals surface area contributed by atoms with Crippen molar-refractivity contribution in [3.05, 3.63) is 0 Å². The maximum atomic E-state index is 6.16. The van der Waals surface area contributed by atoms with Gasteiger partial charge >= 0.3 is 0 Å². The largest absolute Gasteiger partial charge is 0.417 e. The minimum atomic E-state index is -1.50. The van der Waals surface area contributed by atoms with Gasteiger partial charge in [0.15, 0.2) is 8.32 Å². The van der Waals surface area contributed by atoms with E-state index >= 15 is 0 Å². The van der Waals surface area contributed by atoms with Crippen molar-refractivity contribution in [1.82, 2.24) is 0 Å². The highest BCUT2D eigenvalue weighted by atomic mass is 127. The molecule has 92 valence electrons. The first kappa shape index (κ1) is 15.9. The SMILES string of the molecule is CC[C@@H](CI)CCO[Si](C)(C)C(C)(C)C. The maximum Gasteiger partial charge on any atom is 0.191 e. The Balaban J connectivity index is 3.95. The van der Waals surface area contributed by atoms with Crippen LogP contribution in [0, 0.1) is 5.92 Å². The van der Waals surface area contributed by atoms with Crippen LogP contribution in [0.4, 0.5) is 0 Å².